The smallest absolute Gasteiger partial charge is 0.185 e. The molecule has 2 N–H and O–H groups in total. The van der Waals surface area contributed by atoms with E-state index >= 15 is 0 Å². The van der Waals surface area contributed by atoms with Crippen molar-refractivity contribution in [2.24, 2.45) is 0 Å². The number of hydrogen-bond donors (Lipinski definition) is 1. The van der Waals surface area contributed by atoms with Gasteiger partial charge >= 0.3 is 0 Å². The summed E-state index contributed by atoms with van der Waals surface area (Å²) in [6, 6.07) is 11.3. The molecule has 29 heavy (non-hydrogen) atoms. The molecule has 0 unspecified atom stereocenters. The Kier molecular flexibility index (Phi) is 7.21. The minimum absolute atomic E-state index is 0. The molecule has 0 spiro atoms. The average molecular weight is 399 g/mol. The van der Waals surface area contributed by atoms with Crippen LogP contribution in [-0.2, 0) is 4.74 Å². The molecule has 2 aromatic rings. The lowest BCUT2D eigenvalue weighted by molar-refractivity contribution is 0.0337. The number of ether oxygens (including phenoxy) is 2. The summed E-state index contributed by atoms with van der Waals surface area (Å²) >= 11 is 0. The standard InChI is InChI=1S/C22H28N4O3.H2/c1-17-15-25(11-12-26(17)19-7-10-22(23)24-14-19)16-29-13-3-4-21(27)18-5-8-20(28-2)9-6-18;/h3-10,14,17H,11-13,15-16H2,1-2H3,(H2,23,24);1H/b4-3+;/t17-;/m1./s1. The summed E-state index contributed by atoms with van der Waals surface area (Å²) in [6.07, 6.45) is 5.13. The van der Waals surface area contributed by atoms with Gasteiger partial charge in [-0.15, -0.1) is 0 Å². The van der Waals surface area contributed by atoms with Gasteiger partial charge < -0.3 is 20.1 Å². The number of aromatic nitrogens is 1. The Morgan fingerprint density at radius 2 is 2.07 bits per heavy atom. The molecular weight excluding hydrogens is 368 g/mol. The predicted molar refractivity (Wildman–Crippen MR) is 116 cm³/mol. The van der Waals surface area contributed by atoms with Crippen LogP contribution in [0.2, 0.25) is 0 Å². The van der Waals surface area contributed by atoms with E-state index in [0.29, 0.717) is 30.8 Å². The summed E-state index contributed by atoms with van der Waals surface area (Å²) in [4.78, 5) is 20.9. The van der Waals surface area contributed by atoms with Crippen molar-refractivity contribution in [2.75, 3.05) is 50.7 Å². The molecule has 0 amide bonds. The van der Waals surface area contributed by atoms with Gasteiger partial charge in [-0.05, 0) is 49.4 Å². The first-order valence-corrected chi connectivity index (χ1v) is 9.70. The number of nitrogens with two attached hydrogens (primary N) is 1. The van der Waals surface area contributed by atoms with Gasteiger partial charge in [0.1, 0.15) is 11.6 Å². The first kappa shape index (κ1) is 20.8. The SMILES string of the molecule is COc1ccc(C(=O)/C=C/COCN2CCN(c3ccc(N)nc3)[C@H](C)C2)cc1.[HH]. The molecule has 1 saturated heterocycles. The molecular formula is C22H30N4O3. The van der Waals surface area contributed by atoms with E-state index in [1.54, 1.807) is 43.5 Å². The summed E-state index contributed by atoms with van der Waals surface area (Å²) in [6.45, 7) is 5.84. The fourth-order valence-corrected chi connectivity index (χ4v) is 3.36. The van der Waals surface area contributed by atoms with Gasteiger partial charge in [-0.3, -0.25) is 9.69 Å². The lowest BCUT2D eigenvalue weighted by Gasteiger charge is -2.40. The van der Waals surface area contributed by atoms with E-state index in [9.17, 15) is 4.79 Å². The van der Waals surface area contributed by atoms with E-state index in [4.69, 9.17) is 15.2 Å². The Hall–Kier alpha value is -2.90. The summed E-state index contributed by atoms with van der Waals surface area (Å²) in [5.74, 6) is 1.22. The topological polar surface area (TPSA) is 80.9 Å². The number of rotatable bonds is 8. The van der Waals surface area contributed by atoms with Crippen molar-refractivity contribution >= 4 is 17.3 Å². The van der Waals surface area contributed by atoms with Gasteiger partial charge in [-0.2, -0.15) is 0 Å². The molecule has 1 aliphatic rings. The molecule has 0 bridgehead atoms. The number of nitrogen functional groups attached to an aromatic ring is 1. The van der Waals surface area contributed by atoms with Gasteiger partial charge in [-0.25, -0.2) is 4.98 Å². The van der Waals surface area contributed by atoms with Crippen LogP contribution >= 0.6 is 0 Å². The minimum atomic E-state index is -0.0457. The van der Waals surface area contributed by atoms with Crippen LogP contribution in [-0.4, -0.2) is 61.8 Å². The third-order valence-corrected chi connectivity index (χ3v) is 4.95. The molecule has 7 heteroatoms. The van der Waals surface area contributed by atoms with E-state index < -0.39 is 0 Å². The normalized spacial score (nSPS) is 17.6. The number of methoxy groups -OCH3 is 1. The van der Waals surface area contributed by atoms with E-state index in [1.165, 1.54) is 0 Å². The highest BCUT2D eigenvalue weighted by atomic mass is 16.5. The number of nitrogens with zero attached hydrogens (tertiary/aromatic N) is 3. The van der Waals surface area contributed by atoms with Gasteiger partial charge in [0.25, 0.3) is 0 Å². The maximum atomic E-state index is 12.1. The van der Waals surface area contributed by atoms with Gasteiger partial charge in [0, 0.05) is 32.7 Å². The van der Waals surface area contributed by atoms with Crippen LogP contribution in [0.15, 0.2) is 54.7 Å². The molecule has 1 atom stereocenters. The zero-order valence-electron chi connectivity index (χ0n) is 17.0. The number of carbonyl (C=O) groups excluding carboxylic acids is 1. The number of allylic oxidation sites excluding steroid dienone is 1. The molecule has 1 aromatic carbocycles. The molecule has 156 valence electrons. The summed E-state index contributed by atoms with van der Waals surface area (Å²) in [7, 11) is 1.60. The summed E-state index contributed by atoms with van der Waals surface area (Å²) < 4.78 is 10.8. The number of piperazine rings is 1. The lowest BCUT2D eigenvalue weighted by Crippen LogP contribution is -2.52. The molecule has 3 rings (SSSR count). The largest absolute Gasteiger partial charge is 0.497 e. The zero-order valence-corrected chi connectivity index (χ0v) is 17.0. The van der Waals surface area contributed by atoms with Crippen LogP contribution < -0.4 is 15.4 Å². The van der Waals surface area contributed by atoms with E-state index in [2.05, 4.69) is 21.7 Å². The van der Waals surface area contributed by atoms with Gasteiger partial charge in [0.15, 0.2) is 5.78 Å². The Labute approximate surface area is 173 Å². The maximum absolute atomic E-state index is 12.1. The van der Waals surface area contributed by atoms with Crippen molar-refractivity contribution in [2.45, 2.75) is 13.0 Å². The number of ketones is 1. The summed E-state index contributed by atoms with van der Waals surface area (Å²) in [5.41, 5.74) is 7.39. The fraction of sp³-hybridized carbons (Fsp3) is 0.364. The van der Waals surface area contributed by atoms with Crippen LogP contribution in [0.3, 0.4) is 0 Å². The average Bonchev–Trinajstić information content (AvgIpc) is 2.74. The molecule has 7 nitrogen and oxygen atoms in total. The molecule has 0 saturated carbocycles. The lowest BCUT2D eigenvalue weighted by atomic mass is 10.1. The predicted octanol–water partition coefficient (Wildman–Crippen LogP) is 2.84. The second kappa shape index (κ2) is 10.0. The highest BCUT2D eigenvalue weighted by molar-refractivity contribution is 6.04. The molecule has 0 aliphatic carbocycles. The first-order chi connectivity index (χ1) is 14.1. The van der Waals surface area contributed by atoms with Crippen molar-refractivity contribution in [3.05, 3.63) is 60.3 Å². The van der Waals surface area contributed by atoms with Crippen molar-refractivity contribution in [3.8, 4) is 5.75 Å². The second-order valence-electron chi connectivity index (χ2n) is 7.06. The third-order valence-electron chi connectivity index (χ3n) is 4.95. The van der Waals surface area contributed by atoms with Crippen molar-refractivity contribution in [1.29, 1.82) is 0 Å². The van der Waals surface area contributed by atoms with Crippen LogP contribution in [0.5, 0.6) is 5.75 Å². The number of carbonyl (C=O) groups is 1. The van der Waals surface area contributed by atoms with Crippen LogP contribution in [0, 0.1) is 0 Å². The molecule has 1 aliphatic heterocycles. The van der Waals surface area contributed by atoms with E-state index in [-0.39, 0.29) is 7.21 Å². The minimum Gasteiger partial charge on any atom is -0.497 e. The van der Waals surface area contributed by atoms with Crippen LogP contribution in [0.1, 0.15) is 18.7 Å². The van der Waals surface area contributed by atoms with Crippen LogP contribution in [0.25, 0.3) is 0 Å². The zero-order chi connectivity index (χ0) is 20.6. The quantitative estimate of drug-likeness (QED) is 0.416. The molecule has 1 aromatic heterocycles. The number of anilines is 2. The van der Waals surface area contributed by atoms with Gasteiger partial charge in [0.2, 0.25) is 0 Å². The van der Waals surface area contributed by atoms with Crippen molar-refractivity contribution < 1.29 is 15.7 Å². The highest BCUT2D eigenvalue weighted by Crippen LogP contribution is 2.20. The Morgan fingerprint density at radius 3 is 2.72 bits per heavy atom. The number of pyridine rings is 1. The maximum Gasteiger partial charge on any atom is 0.185 e. The Balaban J connectivity index is 0.00000320. The highest BCUT2D eigenvalue weighted by Gasteiger charge is 2.23. The summed E-state index contributed by atoms with van der Waals surface area (Å²) in [5, 5.41) is 0. The number of benzene rings is 1. The van der Waals surface area contributed by atoms with Crippen molar-refractivity contribution in [3.63, 3.8) is 0 Å². The monoisotopic (exact) mass is 398 g/mol. The molecule has 0 radical (unpaired) electrons. The fourth-order valence-electron chi connectivity index (χ4n) is 3.36. The Bertz CT molecular complexity index is 827. The number of hydrogen-bond acceptors (Lipinski definition) is 7. The second-order valence-corrected chi connectivity index (χ2v) is 7.06. The van der Waals surface area contributed by atoms with Crippen molar-refractivity contribution in [1.82, 2.24) is 9.88 Å². The molecule has 2 heterocycles. The van der Waals surface area contributed by atoms with E-state index in [0.717, 1.165) is 31.1 Å². The first-order valence-electron chi connectivity index (χ1n) is 9.70. The van der Waals surface area contributed by atoms with E-state index in [1.807, 2.05) is 18.3 Å². The Morgan fingerprint density at radius 1 is 1.28 bits per heavy atom. The third kappa shape index (κ3) is 5.79. The van der Waals surface area contributed by atoms with Gasteiger partial charge in [0.05, 0.1) is 32.3 Å². The van der Waals surface area contributed by atoms with Crippen LogP contribution in [0.4, 0.5) is 11.5 Å². The van der Waals surface area contributed by atoms with Gasteiger partial charge in [-0.1, -0.05) is 6.08 Å². The molecule has 1 fully saturated rings.